The first kappa shape index (κ1) is 16.5. The van der Waals surface area contributed by atoms with Crippen LogP contribution in [-0.2, 0) is 6.54 Å². The second kappa shape index (κ2) is 7.92. The lowest BCUT2D eigenvalue weighted by Gasteiger charge is -2.26. The molecule has 2 N–H and O–H groups in total. The van der Waals surface area contributed by atoms with E-state index in [1.54, 1.807) is 0 Å². The van der Waals surface area contributed by atoms with Gasteiger partial charge in [0.05, 0.1) is 0 Å². The average Bonchev–Trinajstić information content (AvgIpc) is 2.79. The van der Waals surface area contributed by atoms with Gasteiger partial charge in [-0.2, -0.15) is 0 Å². The molecule has 1 aromatic rings. The fraction of sp³-hybridized carbons (Fsp3) is 0.667. The Balaban J connectivity index is 1.88. The van der Waals surface area contributed by atoms with E-state index in [9.17, 15) is 5.11 Å². The third kappa shape index (κ3) is 4.80. The summed E-state index contributed by atoms with van der Waals surface area (Å²) >= 11 is 0. The van der Waals surface area contributed by atoms with Crippen LogP contribution in [0.1, 0.15) is 39.2 Å². The van der Waals surface area contributed by atoms with Crippen molar-refractivity contribution in [2.75, 3.05) is 13.2 Å². The maximum Gasteiger partial charge on any atom is 0.0445 e. The lowest BCUT2D eigenvalue weighted by Crippen LogP contribution is -2.43. The van der Waals surface area contributed by atoms with Gasteiger partial charge in [0.1, 0.15) is 0 Å². The highest BCUT2D eigenvalue weighted by Gasteiger charge is 2.30. The molecule has 0 radical (unpaired) electrons. The van der Waals surface area contributed by atoms with E-state index in [0.29, 0.717) is 24.0 Å². The van der Waals surface area contributed by atoms with Gasteiger partial charge in [-0.25, -0.2) is 0 Å². The van der Waals surface area contributed by atoms with Crippen LogP contribution >= 0.6 is 0 Å². The predicted octanol–water partition coefficient (Wildman–Crippen LogP) is 2.65. The minimum absolute atomic E-state index is 0.270. The Bertz CT molecular complexity index is 407. The summed E-state index contributed by atoms with van der Waals surface area (Å²) in [6.07, 6.45) is 2.04. The molecule has 3 atom stereocenters. The molecule has 1 aliphatic heterocycles. The molecule has 3 heteroatoms. The fourth-order valence-corrected chi connectivity index (χ4v) is 3.31. The van der Waals surface area contributed by atoms with Crippen molar-refractivity contribution in [3.05, 3.63) is 35.9 Å². The zero-order valence-corrected chi connectivity index (χ0v) is 13.6. The fourth-order valence-electron chi connectivity index (χ4n) is 3.31. The van der Waals surface area contributed by atoms with Crippen molar-refractivity contribution < 1.29 is 5.11 Å². The van der Waals surface area contributed by atoms with E-state index < -0.39 is 0 Å². The van der Waals surface area contributed by atoms with Crippen molar-refractivity contribution in [2.24, 2.45) is 5.92 Å². The van der Waals surface area contributed by atoms with E-state index in [1.165, 1.54) is 12.0 Å². The molecule has 1 saturated heterocycles. The summed E-state index contributed by atoms with van der Waals surface area (Å²) in [5.41, 5.74) is 1.39. The lowest BCUT2D eigenvalue weighted by atomic mass is 10.00. The molecule has 1 aliphatic rings. The van der Waals surface area contributed by atoms with Crippen molar-refractivity contribution in [1.82, 2.24) is 10.2 Å². The van der Waals surface area contributed by atoms with Crippen molar-refractivity contribution in [3.8, 4) is 0 Å². The third-order valence-corrected chi connectivity index (χ3v) is 4.63. The molecule has 0 amide bonds. The quantitative estimate of drug-likeness (QED) is 0.810. The summed E-state index contributed by atoms with van der Waals surface area (Å²) < 4.78 is 0. The van der Waals surface area contributed by atoms with Gasteiger partial charge in [-0.3, -0.25) is 4.90 Å². The van der Waals surface area contributed by atoms with Crippen molar-refractivity contribution in [1.29, 1.82) is 0 Å². The van der Waals surface area contributed by atoms with Crippen LogP contribution in [-0.4, -0.2) is 41.3 Å². The Hall–Kier alpha value is -0.900. The summed E-state index contributed by atoms with van der Waals surface area (Å²) in [5.74, 6) is 0.565. The van der Waals surface area contributed by atoms with E-state index in [4.69, 9.17) is 0 Å². The predicted molar refractivity (Wildman–Crippen MR) is 88.2 cm³/mol. The monoisotopic (exact) mass is 290 g/mol. The van der Waals surface area contributed by atoms with Gasteiger partial charge < -0.3 is 10.4 Å². The van der Waals surface area contributed by atoms with Crippen molar-refractivity contribution >= 4 is 0 Å². The number of aliphatic hydroxyl groups excluding tert-OH is 1. The third-order valence-electron chi connectivity index (χ3n) is 4.63. The van der Waals surface area contributed by atoms with Crippen LogP contribution in [0.3, 0.4) is 0 Å². The molecule has 1 aromatic carbocycles. The minimum Gasteiger partial charge on any atom is -0.396 e. The molecular weight excluding hydrogens is 260 g/mol. The standard InChI is InChI=1S/C18H30N2O/c1-14(2)18(9-10-21)19-17-11-15(3)20(13-17)12-16-7-5-4-6-8-16/h4-8,14-15,17-19,21H,9-13H2,1-3H3. The molecule has 2 rings (SSSR count). The summed E-state index contributed by atoms with van der Waals surface area (Å²) in [4.78, 5) is 2.56. The molecule has 0 aliphatic carbocycles. The maximum absolute atomic E-state index is 9.21. The van der Waals surface area contributed by atoms with Crippen LogP contribution in [0.25, 0.3) is 0 Å². The van der Waals surface area contributed by atoms with E-state index >= 15 is 0 Å². The van der Waals surface area contributed by atoms with Crippen LogP contribution in [0, 0.1) is 5.92 Å². The molecule has 0 aromatic heterocycles. The van der Waals surface area contributed by atoms with Gasteiger partial charge in [0.25, 0.3) is 0 Å². The summed E-state index contributed by atoms with van der Waals surface area (Å²) in [6, 6.07) is 12.3. The number of nitrogens with one attached hydrogen (secondary N) is 1. The first-order valence-corrected chi connectivity index (χ1v) is 8.25. The molecular formula is C18H30N2O. The summed E-state index contributed by atoms with van der Waals surface area (Å²) in [5, 5.41) is 13.0. The lowest BCUT2D eigenvalue weighted by molar-refractivity contribution is 0.229. The Kier molecular flexibility index (Phi) is 6.22. The van der Waals surface area contributed by atoms with Gasteiger partial charge >= 0.3 is 0 Å². The van der Waals surface area contributed by atoms with E-state index in [1.807, 2.05) is 0 Å². The topological polar surface area (TPSA) is 35.5 Å². The van der Waals surface area contributed by atoms with Crippen molar-refractivity contribution in [2.45, 2.75) is 58.3 Å². The van der Waals surface area contributed by atoms with Gasteiger partial charge in [0, 0.05) is 37.8 Å². The number of hydrogen-bond donors (Lipinski definition) is 2. The van der Waals surface area contributed by atoms with Gasteiger partial charge in [0.15, 0.2) is 0 Å². The molecule has 21 heavy (non-hydrogen) atoms. The van der Waals surface area contributed by atoms with Crippen LogP contribution in [0.15, 0.2) is 30.3 Å². The maximum atomic E-state index is 9.21. The second-order valence-corrected chi connectivity index (χ2v) is 6.73. The SMILES string of the molecule is CC(C)C(CCO)NC1CC(C)N(Cc2ccccc2)C1. The molecule has 3 nitrogen and oxygen atoms in total. The smallest absolute Gasteiger partial charge is 0.0445 e. The zero-order valence-electron chi connectivity index (χ0n) is 13.6. The molecule has 1 fully saturated rings. The van der Waals surface area contributed by atoms with Crippen LogP contribution < -0.4 is 5.32 Å². The Labute approximate surface area is 129 Å². The number of likely N-dealkylation sites (tertiary alicyclic amines) is 1. The molecule has 3 unspecified atom stereocenters. The summed E-state index contributed by atoms with van der Waals surface area (Å²) in [7, 11) is 0. The number of aliphatic hydroxyl groups is 1. The normalized spacial score (nSPS) is 24.6. The summed E-state index contributed by atoms with van der Waals surface area (Å²) in [6.45, 7) is 9.19. The zero-order chi connectivity index (χ0) is 15.2. The Morgan fingerprint density at radius 2 is 2.00 bits per heavy atom. The van der Waals surface area contributed by atoms with Crippen molar-refractivity contribution in [3.63, 3.8) is 0 Å². The number of rotatable bonds is 7. The van der Waals surface area contributed by atoms with E-state index in [0.717, 1.165) is 19.5 Å². The minimum atomic E-state index is 0.270. The first-order valence-electron chi connectivity index (χ1n) is 8.25. The molecule has 0 bridgehead atoms. The van der Waals surface area contributed by atoms with Gasteiger partial charge in [-0.1, -0.05) is 44.2 Å². The number of nitrogens with zero attached hydrogens (tertiary/aromatic N) is 1. The highest BCUT2D eigenvalue weighted by atomic mass is 16.3. The molecule has 1 heterocycles. The second-order valence-electron chi connectivity index (χ2n) is 6.73. The number of hydrogen-bond acceptors (Lipinski definition) is 3. The molecule has 118 valence electrons. The van der Waals surface area contributed by atoms with Gasteiger partial charge in [-0.15, -0.1) is 0 Å². The van der Waals surface area contributed by atoms with E-state index in [2.05, 4.69) is 61.3 Å². The van der Waals surface area contributed by atoms with E-state index in [-0.39, 0.29) is 6.61 Å². The highest BCUT2D eigenvalue weighted by Crippen LogP contribution is 2.21. The number of benzene rings is 1. The highest BCUT2D eigenvalue weighted by molar-refractivity contribution is 5.15. The van der Waals surface area contributed by atoms with Crippen LogP contribution in [0.2, 0.25) is 0 Å². The first-order chi connectivity index (χ1) is 10.1. The van der Waals surface area contributed by atoms with Crippen LogP contribution in [0.4, 0.5) is 0 Å². The largest absolute Gasteiger partial charge is 0.396 e. The molecule has 0 spiro atoms. The average molecular weight is 290 g/mol. The molecule has 0 saturated carbocycles. The Morgan fingerprint density at radius 3 is 2.62 bits per heavy atom. The van der Waals surface area contributed by atoms with Crippen LogP contribution in [0.5, 0.6) is 0 Å². The van der Waals surface area contributed by atoms with Gasteiger partial charge in [0.2, 0.25) is 0 Å². The Morgan fingerprint density at radius 1 is 1.29 bits per heavy atom. The van der Waals surface area contributed by atoms with Gasteiger partial charge in [-0.05, 0) is 31.2 Å².